The molecular weight excluding hydrogens is 380 g/mol. The number of hydrogen-bond acceptors (Lipinski definition) is 7. The molecule has 0 aromatic carbocycles. The second kappa shape index (κ2) is 11.1. The van der Waals surface area contributed by atoms with Crippen molar-refractivity contribution >= 4 is 17.4 Å². The van der Waals surface area contributed by atoms with Gasteiger partial charge < -0.3 is 19.9 Å². The van der Waals surface area contributed by atoms with Gasteiger partial charge in [-0.05, 0) is 32.6 Å². The highest BCUT2D eigenvalue weighted by atomic mass is 16.5. The van der Waals surface area contributed by atoms with Crippen molar-refractivity contribution in [3.05, 3.63) is 20.8 Å². The monoisotopic (exact) mass is 412 g/mol. The van der Waals surface area contributed by atoms with E-state index in [1.165, 1.54) is 16.6 Å². The number of aromatic amines is 1. The fourth-order valence-corrected chi connectivity index (χ4v) is 3.28. The summed E-state index contributed by atoms with van der Waals surface area (Å²) >= 11 is 0. The molecule has 164 valence electrons. The second-order valence-electron chi connectivity index (χ2n) is 7.09. The zero-order valence-corrected chi connectivity index (χ0v) is 17.4. The zero-order chi connectivity index (χ0) is 21.4. The summed E-state index contributed by atoms with van der Waals surface area (Å²) in [6, 6.07) is 0. The molecule has 1 amide bonds. The van der Waals surface area contributed by atoms with Crippen LogP contribution in [0.4, 0.5) is 11.5 Å². The average Bonchev–Trinajstić information content (AvgIpc) is 2.71. The molecule has 2 rings (SSSR count). The lowest BCUT2D eigenvalue weighted by Gasteiger charge is -2.28. The van der Waals surface area contributed by atoms with Crippen molar-refractivity contribution in [3.8, 4) is 0 Å². The van der Waals surface area contributed by atoms with E-state index in [2.05, 4.69) is 4.98 Å². The van der Waals surface area contributed by atoms with Crippen molar-refractivity contribution in [2.75, 3.05) is 44.1 Å². The summed E-state index contributed by atoms with van der Waals surface area (Å²) in [5.74, 6) is -0.482. The minimum Gasteiger partial charge on any atom is -0.383 e. The van der Waals surface area contributed by atoms with Crippen LogP contribution in [0, 0.1) is 0 Å². The molecule has 1 saturated heterocycles. The number of nitrogens with one attached hydrogen (secondary N) is 1. The van der Waals surface area contributed by atoms with Crippen molar-refractivity contribution in [1.29, 1.82) is 0 Å². The summed E-state index contributed by atoms with van der Waals surface area (Å²) in [6.45, 7) is 5.11. The summed E-state index contributed by atoms with van der Waals surface area (Å²) in [5.41, 5.74) is 4.74. The molecule has 0 radical (unpaired) electrons. The molecule has 1 fully saturated rings. The highest BCUT2D eigenvalue weighted by Crippen LogP contribution is 2.19. The first-order valence-electron chi connectivity index (χ1n) is 10.1. The minimum absolute atomic E-state index is 0.0358. The van der Waals surface area contributed by atoms with Crippen LogP contribution < -0.4 is 21.9 Å². The van der Waals surface area contributed by atoms with E-state index in [-0.39, 0.29) is 30.8 Å². The molecule has 1 aromatic rings. The lowest BCUT2D eigenvalue weighted by molar-refractivity contribution is -0.133. The summed E-state index contributed by atoms with van der Waals surface area (Å²) in [5, 5.41) is 0. The Morgan fingerprint density at radius 3 is 2.79 bits per heavy atom. The predicted molar refractivity (Wildman–Crippen MR) is 109 cm³/mol. The van der Waals surface area contributed by atoms with E-state index in [1.54, 1.807) is 6.92 Å². The van der Waals surface area contributed by atoms with Crippen molar-refractivity contribution in [2.24, 2.45) is 0 Å². The van der Waals surface area contributed by atoms with Crippen LogP contribution in [0.25, 0.3) is 0 Å². The van der Waals surface area contributed by atoms with Crippen LogP contribution in [0.1, 0.15) is 39.5 Å². The van der Waals surface area contributed by atoms with Crippen molar-refractivity contribution in [3.63, 3.8) is 0 Å². The van der Waals surface area contributed by atoms with Gasteiger partial charge in [0, 0.05) is 26.8 Å². The average molecular weight is 412 g/mol. The molecule has 10 heteroatoms. The molecule has 3 N–H and O–H groups in total. The summed E-state index contributed by atoms with van der Waals surface area (Å²) in [6.07, 6.45) is 2.78. The first-order valence-corrected chi connectivity index (χ1v) is 10.1. The molecule has 0 aliphatic carbocycles. The normalized spacial score (nSPS) is 17.8. The van der Waals surface area contributed by atoms with Gasteiger partial charge in [0.2, 0.25) is 0 Å². The number of amides is 1. The summed E-state index contributed by atoms with van der Waals surface area (Å²) in [7, 11) is 1.49. The van der Waals surface area contributed by atoms with Gasteiger partial charge in [-0.25, -0.2) is 4.79 Å². The van der Waals surface area contributed by atoms with E-state index < -0.39 is 23.3 Å². The van der Waals surface area contributed by atoms with Gasteiger partial charge in [0.25, 0.3) is 11.5 Å². The minimum atomic E-state index is -0.817. The van der Waals surface area contributed by atoms with Gasteiger partial charge in [0.1, 0.15) is 11.9 Å². The van der Waals surface area contributed by atoms with Crippen LogP contribution >= 0.6 is 0 Å². The molecule has 2 heterocycles. The van der Waals surface area contributed by atoms with Crippen LogP contribution in [0.3, 0.4) is 0 Å². The standard InChI is InChI=1S/C19H32N4O6/c1-4-8-23-16(20)15(17(24)21-19(23)26)22(9-11-27-3)18(25)13(2)29-12-14-7-5-6-10-28-14/h13-14H,4-12,20H2,1-3H3,(H,21,24,26). The Morgan fingerprint density at radius 2 is 2.17 bits per heavy atom. The topological polar surface area (TPSA) is 129 Å². The predicted octanol–water partition coefficient (Wildman–Crippen LogP) is 0.482. The fraction of sp³-hybridized carbons (Fsp3) is 0.737. The fourth-order valence-electron chi connectivity index (χ4n) is 3.28. The van der Waals surface area contributed by atoms with Crippen molar-refractivity contribution < 1.29 is 19.0 Å². The number of ether oxygens (including phenoxy) is 3. The van der Waals surface area contributed by atoms with E-state index in [0.29, 0.717) is 26.2 Å². The summed E-state index contributed by atoms with van der Waals surface area (Å²) in [4.78, 5) is 41.2. The van der Waals surface area contributed by atoms with Crippen molar-refractivity contribution in [2.45, 2.75) is 58.3 Å². The number of nitrogens with two attached hydrogens (primary N) is 1. The maximum atomic E-state index is 13.1. The molecule has 0 spiro atoms. The maximum Gasteiger partial charge on any atom is 0.330 e. The Labute approximate surface area is 169 Å². The Kier molecular flexibility index (Phi) is 8.87. The van der Waals surface area contributed by atoms with E-state index in [4.69, 9.17) is 19.9 Å². The lowest BCUT2D eigenvalue weighted by atomic mass is 10.1. The van der Waals surface area contributed by atoms with E-state index >= 15 is 0 Å². The van der Waals surface area contributed by atoms with E-state index in [1.807, 2.05) is 6.92 Å². The molecule has 1 aliphatic heterocycles. The molecule has 29 heavy (non-hydrogen) atoms. The van der Waals surface area contributed by atoms with Crippen molar-refractivity contribution in [1.82, 2.24) is 9.55 Å². The Hall–Kier alpha value is -2.17. The second-order valence-corrected chi connectivity index (χ2v) is 7.09. The number of methoxy groups -OCH3 is 1. The Balaban J connectivity index is 2.25. The third-order valence-corrected chi connectivity index (χ3v) is 4.87. The van der Waals surface area contributed by atoms with Gasteiger partial charge in [0.15, 0.2) is 5.69 Å². The highest BCUT2D eigenvalue weighted by molar-refractivity contribution is 5.98. The molecule has 2 unspecified atom stereocenters. The molecular formula is C19H32N4O6. The number of nitrogens with zero attached hydrogens (tertiary/aromatic N) is 2. The first-order chi connectivity index (χ1) is 13.9. The quantitative estimate of drug-likeness (QED) is 0.572. The maximum absolute atomic E-state index is 13.1. The molecule has 1 aliphatic rings. The number of aromatic nitrogens is 2. The van der Waals surface area contributed by atoms with Crippen LogP contribution in [0.15, 0.2) is 9.59 Å². The molecule has 10 nitrogen and oxygen atoms in total. The third kappa shape index (κ3) is 5.91. The molecule has 0 saturated carbocycles. The van der Waals surface area contributed by atoms with Gasteiger partial charge in [-0.1, -0.05) is 6.92 Å². The lowest BCUT2D eigenvalue weighted by Crippen LogP contribution is -2.46. The number of nitrogen functional groups attached to an aromatic ring is 1. The first kappa shape index (κ1) is 23.1. The van der Waals surface area contributed by atoms with Crippen LogP contribution in [0.5, 0.6) is 0 Å². The smallest absolute Gasteiger partial charge is 0.330 e. The number of carbonyl (C=O) groups excluding carboxylic acids is 1. The number of H-pyrrole nitrogens is 1. The van der Waals surface area contributed by atoms with E-state index in [9.17, 15) is 14.4 Å². The van der Waals surface area contributed by atoms with E-state index in [0.717, 1.165) is 19.3 Å². The number of rotatable bonds is 10. The van der Waals surface area contributed by atoms with Gasteiger partial charge in [-0.15, -0.1) is 0 Å². The highest BCUT2D eigenvalue weighted by Gasteiger charge is 2.28. The number of anilines is 2. The zero-order valence-electron chi connectivity index (χ0n) is 17.4. The summed E-state index contributed by atoms with van der Waals surface area (Å²) < 4.78 is 17.7. The largest absolute Gasteiger partial charge is 0.383 e. The SMILES string of the molecule is CCCn1c(N)c(N(CCOC)C(=O)C(C)OCC2CCCCO2)c(=O)[nH]c1=O. The Bertz CT molecular complexity index is 784. The third-order valence-electron chi connectivity index (χ3n) is 4.87. The van der Waals surface area contributed by atoms with Gasteiger partial charge in [-0.3, -0.25) is 24.0 Å². The van der Waals surface area contributed by atoms with Gasteiger partial charge >= 0.3 is 5.69 Å². The number of hydrogen-bond donors (Lipinski definition) is 2. The molecule has 2 atom stereocenters. The molecule has 1 aromatic heterocycles. The van der Waals surface area contributed by atoms with Gasteiger partial charge in [0.05, 0.1) is 19.3 Å². The Morgan fingerprint density at radius 1 is 1.41 bits per heavy atom. The van der Waals surface area contributed by atoms with Crippen LogP contribution in [-0.4, -0.2) is 61.1 Å². The van der Waals surface area contributed by atoms with Crippen LogP contribution in [0.2, 0.25) is 0 Å². The molecule has 0 bridgehead atoms. The number of carbonyl (C=O) groups is 1. The van der Waals surface area contributed by atoms with Crippen LogP contribution in [-0.2, 0) is 25.5 Å². The van der Waals surface area contributed by atoms with Gasteiger partial charge in [-0.2, -0.15) is 0 Å².